The Hall–Kier alpha value is -1.74. The zero-order chi connectivity index (χ0) is 15.3. The Labute approximate surface area is 116 Å². The summed E-state index contributed by atoms with van der Waals surface area (Å²) in [5.41, 5.74) is -0.205. The molecule has 0 aromatic heterocycles. The highest BCUT2D eigenvalue weighted by Crippen LogP contribution is 2.25. The third kappa shape index (κ3) is 5.49. The summed E-state index contributed by atoms with van der Waals surface area (Å²) in [5, 5.41) is 13.5. The van der Waals surface area contributed by atoms with Crippen molar-refractivity contribution in [2.45, 2.75) is 6.92 Å². The van der Waals surface area contributed by atoms with Crippen LogP contribution in [0.3, 0.4) is 0 Å². The molecule has 1 aromatic carbocycles. The number of nitrogens with one attached hydrogen (secondary N) is 1. The van der Waals surface area contributed by atoms with E-state index in [0.29, 0.717) is 0 Å². The molecule has 0 heterocycles. The molecule has 0 aliphatic rings. The first kappa shape index (κ1) is 16.3. The summed E-state index contributed by atoms with van der Waals surface area (Å²) < 4.78 is 39.2. The molecule has 1 aromatic rings. The molecule has 9 heteroatoms. The van der Waals surface area contributed by atoms with Gasteiger partial charge < -0.3 is 5.32 Å². The van der Waals surface area contributed by atoms with E-state index >= 15 is 0 Å². The van der Waals surface area contributed by atoms with Gasteiger partial charge in [-0.1, -0.05) is 6.92 Å². The number of anilines is 1. The van der Waals surface area contributed by atoms with Gasteiger partial charge in [-0.2, -0.15) is 8.42 Å². The van der Waals surface area contributed by atoms with Gasteiger partial charge in [0.1, 0.15) is 11.5 Å². The first-order valence-corrected chi connectivity index (χ1v) is 7.53. The summed E-state index contributed by atoms with van der Waals surface area (Å²) in [6.45, 7) is 1.93. The van der Waals surface area contributed by atoms with E-state index < -0.39 is 20.9 Å². The van der Waals surface area contributed by atoms with Crippen LogP contribution in [0.25, 0.3) is 0 Å². The quantitative estimate of drug-likeness (QED) is 0.468. The van der Waals surface area contributed by atoms with Crippen molar-refractivity contribution >= 4 is 21.5 Å². The van der Waals surface area contributed by atoms with Crippen molar-refractivity contribution in [3.63, 3.8) is 0 Å². The summed E-state index contributed by atoms with van der Waals surface area (Å²) in [6.07, 6.45) is 0.942. The maximum absolute atomic E-state index is 12.9. The second kappa shape index (κ2) is 6.62. The molecule has 0 spiro atoms. The normalized spacial score (nSPS) is 12.9. The van der Waals surface area contributed by atoms with Gasteiger partial charge in [0.05, 0.1) is 23.9 Å². The van der Waals surface area contributed by atoms with Crippen molar-refractivity contribution < 1.29 is 21.9 Å². The Balaban J connectivity index is 2.64. The molecule has 1 N–H and O–H groups in total. The molecule has 0 saturated heterocycles. The van der Waals surface area contributed by atoms with Crippen molar-refractivity contribution in [2.24, 2.45) is 5.92 Å². The van der Waals surface area contributed by atoms with Gasteiger partial charge in [0.25, 0.3) is 15.8 Å². The van der Waals surface area contributed by atoms with E-state index in [1.165, 1.54) is 6.07 Å². The fraction of sp³-hybridized carbons (Fsp3) is 0.455. The minimum atomic E-state index is -3.51. The zero-order valence-electron chi connectivity index (χ0n) is 11.0. The predicted molar refractivity (Wildman–Crippen MR) is 71.5 cm³/mol. The summed E-state index contributed by atoms with van der Waals surface area (Å²) in [6, 6.07) is 3.19. The van der Waals surface area contributed by atoms with E-state index in [1.54, 1.807) is 6.92 Å². The molecule has 0 aliphatic carbocycles. The van der Waals surface area contributed by atoms with Gasteiger partial charge in [-0.15, -0.1) is 0 Å². The summed E-state index contributed by atoms with van der Waals surface area (Å²) >= 11 is 0. The van der Waals surface area contributed by atoms with E-state index in [4.69, 9.17) is 0 Å². The molecule has 0 bridgehead atoms. The molecular weight excluding hydrogens is 291 g/mol. The topological polar surface area (TPSA) is 98.5 Å². The van der Waals surface area contributed by atoms with Crippen molar-refractivity contribution in [3.8, 4) is 0 Å². The first-order valence-electron chi connectivity index (χ1n) is 5.71. The maximum Gasteiger partial charge on any atom is 0.295 e. The van der Waals surface area contributed by atoms with Gasteiger partial charge in [0, 0.05) is 6.54 Å². The molecule has 7 nitrogen and oxygen atoms in total. The third-order valence-corrected chi connectivity index (χ3v) is 2.93. The lowest BCUT2D eigenvalue weighted by Crippen LogP contribution is -2.19. The molecule has 1 rings (SSSR count). The van der Waals surface area contributed by atoms with E-state index in [1.807, 2.05) is 0 Å². The average Bonchev–Trinajstić information content (AvgIpc) is 2.33. The number of nitrogens with zero attached hydrogens (tertiary/aromatic N) is 1. The first-order chi connectivity index (χ1) is 9.19. The molecule has 0 aliphatic heterocycles. The van der Waals surface area contributed by atoms with Crippen LogP contribution in [0, 0.1) is 21.8 Å². The lowest BCUT2D eigenvalue weighted by Gasteiger charge is -2.13. The van der Waals surface area contributed by atoms with Gasteiger partial charge in [-0.05, 0) is 18.1 Å². The van der Waals surface area contributed by atoms with Crippen molar-refractivity contribution in [1.82, 2.24) is 0 Å². The smallest absolute Gasteiger partial charge is 0.295 e. The molecule has 1 unspecified atom stereocenters. The van der Waals surface area contributed by atoms with Crippen LogP contribution in [0.2, 0.25) is 0 Å². The third-order valence-electron chi connectivity index (χ3n) is 2.36. The van der Waals surface area contributed by atoms with Crippen LogP contribution >= 0.6 is 0 Å². The Kier molecular flexibility index (Phi) is 5.40. The molecule has 0 radical (unpaired) electrons. The van der Waals surface area contributed by atoms with Gasteiger partial charge in [-0.3, -0.25) is 14.3 Å². The van der Waals surface area contributed by atoms with Gasteiger partial charge in [-0.25, -0.2) is 4.39 Å². The fourth-order valence-electron chi connectivity index (χ4n) is 1.39. The van der Waals surface area contributed by atoms with Crippen molar-refractivity contribution in [1.29, 1.82) is 0 Å². The molecule has 0 saturated carbocycles. The Morgan fingerprint density at radius 3 is 2.70 bits per heavy atom. The molecular formula is C11H15FN2O5S. The Morgan fingerprint density at radius 2 is 2.15 bits per heavy atom. The van der Waals surface area contributed by atoms with Crippen molar-refractivity contribution in [2.75, 3.05) is 24.7 Å². The highest BCUT2D eigenvalue weighted by atomic mass is 32.2. The number of hydrogen-bond acceptors (Lipinski definition) is 6. The summed E-state index contributed by atoms with van der Waals surface area (Å²) in [7, 11) is -3.51. The van der Waals surface area contributed by atoms with Crippen molar-refractivity contribution in [3.05, 3.63) is 34.1 Å². The maximum atomic E-state index is 12.9. The summed E-state index contributed by atoms with van der Waals surface area (Å²) in [5.74, 6) is -0.898. The van der Waals surface area contributed by atoms with Gasteiger partial charge >= 0.3 is 0 Å². The monoisotopic (exact) mass is 306 g/mol. The SMILES string of the molecule is CC(CNc1ccc(F)cc1[N+](=O)[O-])COS(C)(=O)=O. The fourth-order valence-corrected chi connectivity index (χ4v) is 1.87. The van der Waals surface area contributed by atoms with E-state index in [0.717, 1.165) is 18.4 Å². The van der Waals surface area contributed by atoms with Crippen LogP contribution < -0.4 is 5.32 Å². The number of rotatable bonds is 7. The van der Waals surface area contributed by atoms with Crippen LogP contribution in [0.4, 0.5) is 15.8 Å². The highest BCUT2D eigenvalue weighted by molar-refractivity contribution is 7.85. The van der Waals surface area contributed by atoms with Gasteiger partial charge in [0.15, 0.2) is 0 Å². The summed E-state index contributed by atoms with van der Waals surface area (Å²) in [4.78, 5) is 10.1. The number of halogens is 1. The predicted octanol–water partition coefficient (Wildman–Crippen LogP) is 1.76. The average molecular weight is 306 g/mol. The number of nitro benzene ring substituents is 1. The van der Waals surface area contributed by atoms with Gasteiger partial charge in [0.2, 0.25) is 0 Å². The van der Waals surface area contributed by atoms with Crippen LogP contribution in [0.1, 0.15) is 6.92 Å². The molecule has 1 atom stereocenters. The zero-order valence-corrected chi connectivity index (χ0v) is 11.8. The lowest BCUT2D eigenvalue weighted by molar-refractivity contribution is -0.384. The standard InChI is InChI=1S/C11H15FN2O5S/c1-8(7-19-20(2,17)18)6-13-10-4-3-9(12)5-11(10)14(15)16/h3-5,8,13H,6-7H2,1-2H3. The minimum absolute atomic E-state index is 0.0408. The second-order valence-electron chi connectivity index (χ2n) is 4.39. The molecule has 0 fully saturated rings. The van der Waals surface area contributed by atoms with Crippen LogP contribution in [-0.2, 0) is 14.3 Å². The number of benzene rings is 1. The highest BCUT2D eigenvalue weighted by Gasteiger charge is 2.15. The second-order valence-corrected chi connectivity index (χ2v) is 6.04. The van der Waals surface area contributed by atoms with E-state index in [-0.39, 0.29) is 30.4 Å². The van der Waals surface area contributed by atoms with E-state index in [2.05, 4.69) is 9.50 Å². The van der Waals surface area contributed by atoms with Crippen LogP contribution in [-0.4, -0.2) is 32.7 Å². The largest absolute Gasteiger partial charge is 0.379 e. The lowest BCUT2D eigenvalue weighted by atomic mass is 10.2. The Bertz CT molecular complexity index is 590. The minimum Gasteiger partial charge on any atom is -0.379 e. The molecule has 0 amide bonds. The molecule has 20 heavy (non-hydrogen) atoms. The Morgan fingerprint density at radius 1 is 1.50 bits per heavy atom. The number of hydrogen-bond donors (Lipinski definition) is 1. The van der Waals surface area contributed by atoms with E-state index in [9.17, 15) is 22.9 Å². The van der Waals surface area contributed by atoms with Crippen LogP contribution in [0.5, 0.6) is 0 Å². The molecule has 112 valence electrons. The van der Waals surface area contributed by atoms with Crippen LogP contribution in [0.15, 0.2) is 18.2 Å². The number of nitro groups is 1.